The van der Waals surface area contributed by atoms with Crippen molar-refractivity contribution >= 4 is 11.8 Å². The Balaban J connectivity index is 2.49. The number of carbonyl (C=O) groups excluding carboxylic acids is 1. The summed E-state index contributed by atoms with van der Waals surface area (Å²) in [6.45, 7) is 1.90. The van der Waals surface area contributed by atoms with Crippen molar-refractivity contribution in [2.75, 3.05) is 7.11 Å². The van der Waals surface area contributed by atoms with Crippen LogP contribution in [-0.4, -0.2) is 30.1 Å². The second-order valence-electron chi connectivity index (χ2n) is 3.93. The van der Waals surface area contributed by atoms with Gasteiger partial charge in [0.05, 0.1) is 7.11 Å². The molecule has 1 unspecified atom stereocenters. The monoisotopic (exact) mass is 236 g/mol. The average molecular weight is 236 g/mol. The third-order valence-corrected chi connectivity index (χ3v) is 2.63. The van der Waals surface area contributed by atoms with Gasteiger partial charge in [-0.1, -0.05) is 0 Å². The smallest absolute Gasteiger partial charge is 0.377 e. The van der Waals surface area contributed by atoms with Gasteiger partial charge in [0.25, 0.3) is 5.78 Å². The van der Waals surface area contributed by atoms with Crippen LogP contribution in [0.15, 0.2) is 12.1 Å². The first-order valence-electron chi connectivity index (χ1n) is 5.18. The highest BCUT2D eigenvalue weighted by Gasteiger charge is 2.26. The number of carboxylic acids is 1. The summed E-state index contributed by atoms with van der Waals surface area (Å²) < 4.78 is 10.6. The number of ketones is 1. The fourth-order valence-electron chi connectivity index (χ4n) is 1.90. The predicted octanol–water partition coefficient (Wildman–Crippen LogP) is 1.29. The van der Waals surface area contributed by atoms with Gasteiger partial charge in [0, 0.05) is 17.5 Å². The first-order chi connectivity index (χ1) is 8.02. The van der Waals surface area contributed by atoms with Gasteiger partial charge in [-0.05, 0) is 19.1 Å². The molecule has 1 aliphatic heterocycles. The van der Waals surface area contributed by atoms with E-state index in [0.29, 0.717) is 17.9 Å². The number of ether oxygens (including phenoxy) is 2. The second kappa shape index (κ2) is 4.08. The van der Waals surface area contributed by atoms with Crippen LogP contribution in [0.5, 0.6) is 11.5 Å². The number of carboxylic acid groups (broad SMARTS) is 1. The number of benzene rings is 1. The summed E-state index contributed by atoms with van der Waals surface area (Å²) >= 11 is 0. The van der Waals surface area contributed by atoms with E-state index in [-0.39, 0.29) is 11.7 Å². The Hall–Kier alpha value is -2.04. The van der Waals surface area contributed by atoms with Crippen LogP contribution in [0.4, 0.5) is 0 Å². The number of methoxy groups -OCH3 is 1. The Bertz CT molecular complexity index is 492. The topological polar surface area (TPSA) is 72.8 Å². The number of aliphatic carboxylic acids is 1. The highest BCUT2D eigenvalue weighted by molar-refractivity contribution is 6.40. The van der Waals surface area contributed by atoms with E-state index in [1.807, 2.05) is 6.92 Å². The molecule has 0 saturated heterocycles. The maximum Gasteiger partial charge on any atom is 0.377 e. The molecular formula is C12H12O5. The molecule has 0 fully saturated rings. The Morgan fingerprint density at radius 2 is 2.18 bits per heavy atom. The van der Waals surface area contributed by atoms with Gasteiger partial charge in [0.15, 0.2) is 11.5 Å². The SMILES string of the molecule is COc1cc(C(=O)C(=O)O)cc2c1OC(C)C2. The number of fused-ring (bicyclic) bond motifs is 1. The van der Waals surface area contributed by atoms with Crippen molar-refractivity contribution in [2.24, 2.45) is 0 Å². The molecule has 5 nitrogen and oxygen atoms in total. The van der Waals surface area contributed by atoms with Gasteiger partial charge in [-0.3, -0.25) is 4.79 Å². The van der Waals surface area contributed by atoms with Crippen molar-refractivity contribution in [2.45, 2.75) is 19.4 Å². The maximum atomic E-state index is 11.4. The van der Waals surface area contributed by atoms with E-state index in [2.05, 4.69) is 0 Å². The number of hydrogen-bond donors (Lipinski definition) is 1. The summed E-state index contributed by atoms with van der Waals surface area (Å²) in [6, 6.07) is 2.95. The molecule has 2 rings (SSSR count). The number of hydrogen-bond acceptors (Lipinski definition) is 4. The van der Waals surface area contributed by atoms with Crippen molar-refractivity contribution in [1.82, 2.24) is 0 Å². The van der Waals surface area contributed by atoms with Crippen molar-refractivity contribution in [3.8, 4) is 11.5 Å². The molecular weight excluding hydrogens is 224 g/mol. The fraction of sp³-hybridized carbons (Fsp3) is 0.333. The van der Waals surface area contributed by atoms with Gasteiger partial charge in [0.1, 0.15) is 6.10 Å². The largest absolute Gasteiger partial charge is 0.493 e. The van der Waals surface area contributed by atoms with Crippen LogP contribution in [0.3, 0.4) is 0 Å². The van der Waals surface area contributed by atoms with Crippen LogP contribution in [0.25, 0.3) is 0 Å². The van der Waals surface area contributed by atoms with E-state index in [1.165, 1.54) is 13.2 Å². The molecule has 0 amide bonds. The molecule has 17 heavy (non-hydrogen) atoms. The van der Waals surface area contributed by atoms with E-state index in [0.717, 1.165) is 5.56 Å². The molecule has 1 N–H and O–H groups in total. The molecule has 0 spiro atoms. The Kier molecular flexibility index (Phi) is 2.75. The summed E-state index contributed by atoms with van der Waals surface area (Å²) in [5.74, 6) is -1.41. The Labute approximate surface area is 98.0 Å². The van der Waals surface area contributed by atoms with E-state index < -0.39 is 11.8 Å². The summed E-state index contributed by atoms with van der Waals surface area (Å²) in [5, 5.41) is 8.68. The zero-order valence-corrected chi connectivity index (χ0v) is 9.52. The molecule has 0 aromatic heterocycles. The van der Waals surface area contributed by atoms with Crippen molar-refractivity contribution in [1.29, 1.82) is 0 Å². The highest BCUT2D eigenvalue weighted by Crippen LogP contribution is 2.38. The van der Waals surface area contributed by atoms with Gasteiger partial charge in [-0.2, -0.15) is 0 Å². The molecule has 1 atom stereocenters. The molecule has 1 aliphatic rings. The molecule has 0 saturated carbocycles. The normalized spacial score (nSPS) is 17.2. The summed E-state index contributed by atoms with van der Waals surface area (Å²) in [7, 11) is 1.46. The highest BCUT2D eigenvalue weighted by atomic mass is 16.5. The number of Topliss-reactive ketones (excluding diaryl/α,β-unsaturated/α-hetero) is 1. The molecule has 5 heteroatoms. The van der Waals surface area contributed by atoms with Crippen LogP contribution < -0.4 is 9.47 Å². The lowest BCUT2D eigenvalue weighted by molar-refractivity contribution is -0.131. The van der Waals surface area contributed by atoms with Gasteiger partial charge >= 0.3 is 5.97 Å². The lowest BCUT2D eigenvalue weighted by Crippen LogP contribution is -2.13. The maximum absolute atomic E-state index is 11.4. The molecule has 0 radical (unpaired) electrons. The van der Waals surface area contributed by atoms with Gasteiger partial charge in [0.2, 0.25) is 0 Å². The zero-order chi connectivity index (χ0) is 12.6. The predicted molar refractivity (Wildman–Crippen MR) is 58.8 cm³/mol. The quantitative estimate of drug-likeness (QED) is 0.632. The lowest BCUT2D eigenvalue weighted by atomic mass is 10.0. The third kappa shape index (κ3) is 1.95. The third-order valence-electron chi connectivity index (χ3n) is 2.63. The first-order valence-corrected chi connectivity index (χ1v) is 5.18. The van der Waals surface area contributed by atoms with Crippen LogP contribution in [0, 0.1) is 0 Å². The average Bonchev–Trinajstić information content (AvgIpc) is 2.66. The van der Waals surface area contributed by atoms with E-state index in [9.17, 15) is 9.59 Å². The van der Waals surface area contributed by atoms with Crippen molar-refractivity contribution in [3.63, 3.8) is 0 Å². The van der Waals surface area contributed by atoms with Crippen molar-refractivity contribution in [3.05, 3.63) is 23.3 Å². The van der Waals surface area contributed by atoms with Crippen LogP contribution >= 0.6 is 0 Å². The summed E-state index contributed by atoms with van der Waals surface area (Å²) in [6.07, 6.45) is 0.654. The molecule has 1 aromatic rings. The van der Waals surface area contributed by atoms with Crippen LogP contribution in [0.2, 0.25) is 0 Å². The van der Waals surface area contributed by atoms with E-state index in [1.54, 1.807) is 6.07 Å². The summed E-state index contributed by atoms with van der Waals surface area (Å²) in [4.78, 5) is 22.0. The minimum Gasteiger partial charge on any atom is -0.493 e. The van der Waals surface area contributed by atoms with Crippen LogP contribution in [-0.2, 0) is 11.2 Å². The van der Waals surface area contributed by atoms with Gasteiger partial charge in [-0.25, -0.2) is 4.79 Å². The Morgan fingerprint density at radius 3 is 2.76 bits per heavy atom. The van der Waals surface area contributed by atoms with Crippen LogP contribution in [0.1, 0.15) is 22.8 Å². The van der Waals surface area contributed by atoms with E-state index >= 15 is 0 Å². The van der Waals surface area contributed by atoms with E-state index in [4.69, 9.17) is 14.6 Å². The van der Waals surface area contributed by atoms with Gasteiger partial charge in [-0.15, -0.1) is 0 Å². The minimum atomic E-state index is -1.47. The number of carbonyl (C=O) groups is 2. The lowest BCUT2D eigenvalue weighted by Gasteiger charge is -2.09. The Morgan fingerprint density at radius 1 is 1.47 bits per heavy atom. The first kappa shape index (κ1) is 11.4. The second-order valence-corrected chi connectivity index (χ2v) is 3.93. The van der Waals surface area contributed by atoms with Gasteiger partial charge < -0.3 is 14.6 Å². The molecule has 0 aliphatic carbocycles. The fourth-order valence-corrected chi connectivity index (χ4v) is 1.90. The summed E-state index contributed by atoms with van der Waals surface area (Å²) in [5.41, 5.74) is 0.923. The molecule has 90 valence electrons. The zero-order valence-electron chi connectivity index (χ0n) is 9.52. The molecule has 1 heterocycles. The minimum absolute atomic E-state index is 0.00841. The molecule has 1 aromatic carbocycles. The molecule has 0 bridgehead atoms. The number of rotatable bonds is 3. The standard InChI is InChI=1S/C12H12O5/c1-6-3-8-4-7(10(13)12(14)15)5-9(16-2)11(8)17-6/h4-6H,3H2,1-2H3,(H,14,15). The van der Waals surface area contributed by atoms with Crippen molar-refractivity contribution < 1.29 is 24.2 Å².